The first kappa shape index (κ1) is 13.6. The maximum atomic E-state index is 6.30. The van der Waals surface area contributed by atoms with Crippen LogP contribution in [0.1, 0.15) is 75.5 Å². The second-order valence-electron chi connectivity index (χ2n) is 6.16. The molecule has 2 rings (SSSR count). The third-order valence-electron chi connectivity index (χ3n) is 4.39. The first-order chi connectivity index (χ1) is 8.66. The Morgan fingerprint density at radius 1 is 1.06 bits per heavy atom. The predicted octanol–water partition coefficient (Wildman–Crippen LogP) is 4.78. The summed E-state index contributed by atoms with van der Waals surface area (Å²) in [6.07, 6.45) is 8.18. The van der Waals surface area contributed by atoms with Crippen LogP contribution in [0, 0.1) is 5.92 Å². The molecule has 2 N–H and O–H groups in total. The fourth-order valence-electron chi connectivity index (χ4n) is 3.01. The van der Waals surface area contributed by atoms with Crippen molar-refractivity contribution in [2.24, 2.45) is 11.7 Å². The molecule has 0 spiro atoms. The normalized spacial score (nSPS) is 18.4. The summed E-state index contributed by atoms with van der Waals surface area (Å²) in [5.74, 6) is 1.56. The molecule has 0 radical (unpaired) electrons. The minimum atomic E-state index is 0.229. The third-order valence-corrected chi connectivity index (χ3v) is 4.39. The van der Waals surface area contributed by atoms with Crippen LogP contribution in [-0.2, 0) is 0 Å². The first-order valence-electron chi connectivity index (χ1n) is 7.52. The Bertz CT molecular complexity index is 346. The molecule has 0 bridgehead atoms. The van der Waals surface area contributed by atoms with E-state index in [1.165, 1.54) is 43.2 Å². The largest absolute Gasteiger partial charge is 0.324 e. The van der Waals surface area contributed by atoms with Gasteiger partial charge in [-0.15, -0.1) is 0 Å². The van der Waals surface area contributed by atoms with Gasteiger partial charge in [-0.05, 0) is 35.8 Å². The number of rotatable bonds is 5. The molecule has 1 aliphatic rings. The molecular weight excluding hydrogens is 218 g/mol. The van der Waals surface area contributed by atoms with Gasteiger partial charge < -0.3 is 5.73 Å². The summed E-state index contributed by atoms with van der Waals surface area (Å²) < 4.78 is 0. The Balaban J connectivity index is 1.85. The quantitative estimate of drug-likeness (QED) is 0.793. The molecule has 1 heteroatoms. The second kappa shape index (κ2) is 6.38. The van der Waals surface area contributed by atoms with Gasteiger partial charge in [0.25, 0.3) is 0 Å². The van der Waals surface area contributed by atoms with Crippen LogP contribution < -0.4 is 5.73 Å². The summed E-state index contributed by atoms with van der Waals surface area (Å²) in [6, 6.07) is 9.13. The van der Waals surface area contributed by atoms with Gasteiger partial charge in [0.05, 0.1) is 0 Å². The van der Waals surface area contributed by atoms with Crippen molar-refractivity contribution in [1.82, 2.24) is 0 Å². The van der Waals surface area contributed by atoms with Crippen molar-refractivity contribution >= 4 is 0 Å². The van der Waals surface area contributed by atoms with Gasteiger partial charge >= 0.3 is 0 Å². The number of hydrogen-bond acceptors (Lipinski definition) is 1. The van der Waals surface area contributed by atoms with E-state index < -0.39 is 0 Å². The van der Waals surface area contributed by atoms with Crippen LogP contribution in [0.15, 0.2) is 24.3 Å². The molecule has 0 amide bonds. The van der Waals surface area contributed by atoms with Gasteiger partial charge in [0.15, 0.2) is 0 Å². The number of benzene rings is 1. The molecule has 1 aromatic rings. The third kappa shape index (κ3) is 3.58. The Morgan fingerprint density at radius 2 is 1.61 bits per heavy atom. The number of nitrogens with two attached hydrogens (primary N) is 1. The molecule has 1 aliphatic carbocycles. The lowest BCUT2D eigenvalue weighted by Crippen LogP contribution is -2.11. The van der Waals surface area contributed by atoms with Crippen LogP contribution in [0.2, 0.25) is 0 Å². The van der Waals surface area contributed by atoms with E-state index in [0.717, 1.165) is 12.3 Å². The highest BCUT2D eigenvalue weighted by molar-refractivity contribution is 5.26. The van der Waals surface area contributed by atoms with Crippen LogP contribution in [0.5, 0.6) is 0 Å². The summed E-state index contributed by atoms with van der Waals surface area (Å²) in [7, 11) is 0. The van der Waals surface area contributed by atoms with Gasteiger partial charge in [-0.2, -0.15) is 0 Å². The van der Waals surface area contributed by atoms with E-state index in [0.29, 0.717) is 5.92 Å². The summed E-state index contributed by atoms with van der Waals surface area (Å²) in [5.41, 5.74) is 9.01. The monoisotopic (exact) mass is 245 g/mol. The minimum absolute atomic E-state index is 0.229. The molecule has 0 aromatic heterocycles. The zero-order chi connectivity index (χ0) is 13.0. The molecule has 100 valence electrons. The van der Waals surface area contributed by atoms with Crippen LogP contribution in [0.25, 0.3) is 0 Å². The number of hydrogen-bond donors (Lipinski definition) is 1. The van der Waals surface area contributed by atoms with Gasteiger partial charge in [0, 0.05) is 6.04 Å². The van der Waals surface area contributed by atoms with E-state index in [1.807, 2.05) is 0 Å². The van der Waals surface area contributed by atoms with Crippen molar-refractivity contribution < 1.29 is 0 Å². The van der Waals surface area contributed by atoms with Crippen molar-refractivity contribution in [2.75, 3.05) is 0 Å². The van der Waals surface area contributed by atoms with Crippen molar-refractivity contribution in [3.63, 3.8) is 0 Å². The van der Waals surface area contributed by atoms with Gasteiger partial charge in [0.1, 0.15) is 0 Å². The highest BCUT2D eigenvalue weighted by Gasteiger charge is 2.16. The lowest BCUT2D eigenvalue weighted by atomic mass is 9.94. The Labute approximate surface area is 112 Å². The Morgan fingerprint density at radius 3 is 2.17 bits per heavy atom. The summed E-state index contributed by atoms with van der Waals surface area (Å²) in [4.78, 5) is 0. The van der Waals surface area contributed by atoms with Gasteiger partial charge in [-0.25, -0.2) is 0 Å². The molecule has 1 saturated carbocycles. The molecule has 1 unspecified atom stereocenters. The molecule has 1 aromatic carbocycles. The van der Waals surface area contributed by atoms with Gasteiger partial charge in [-0.3, -0.25) is 0 Å². The second-order valence-corrected chi connectivity index (χ2v) is 6.16. The van der Waals surface area contributed by atoms with E-state index in [9.17, 15) is 0 Å². The smallest absolute Gasteiger partial charge is 0.0294 e. The molecule has 1 nitrogen and oxygen atoms in total. The standard InChI is InChI=1S/C17H27N/c1-13(2)15-8-10-16(11-9-15)17(18)12-7-14-5-3-4-6-14/h8-11,13-14,17H,3-7,12,18H2,1-2H3. The average Bonchev–Trinajstić information content (AvgIpc) is 2.89. The van der Waals surface area contributed by atoms with Crippen LogP contribution in [-0.4, -0.2) is 0 Å². The van der Waals surface area contributed by atoms with Crippen molar-refractivity contribution in [2.45, 2.75) is 64.3 Å². The van der Waals surface area contributed by atoms with Gasteiger partial charge in [-0.1, -0.05) is 63.8 Å². The predicted molar refractivity (Wildman–Crippen MR) is 78.7 cm³/mol. The maximum Gasteiger partial charge on any atom is 0.0294 e. The molecule has 18 heavy (non-hydrogen) atoms. The lowest BCUT2D eigenvalue weighted by molar-refractivity contribution is 0.454. The summed E-state index contributed by atoms with van der Waals surface area (Å²) in [6.45, 7) is 4.46. The van der Waals surface area contributed by atoms with Crippen LogP contribution in [0.4, 0.5) is 0 Å². The van der Waals surface area contributed by atoms with Crippen LogP contribution in [0.3, 0.4) is 0 Å². The minimum Gasteiger partial charge on any atom is -0.324 e. The fourth-order valence-corrected chi connectivity index (χ4v) is 3.01. The van der Waals surface area contributed by atoms with E-state index in [2.05, 4.69) is 38.1 Å². The van der Waals surface area contributed by atoms with E-state index in [4.69, 9.17) is 5.73 Å². The van der Waals surface area contributed by atoms with E-state index in [1.54, 1.807) is 0 Å². The van der Waals surface area contributed by atoms with Gasteiger partial charge in [0.2, 0.25) is 0 Å². The zero-order valence-corrected chi connectivity index (χ0v) is 11.9. The molecule has 1 atom stereocenters. The molecular formula is C17H27N. The lowest BCUT2D eigenvalue weighted by Gasteiger charge is -2.16. The highest BCUT2D eigenvalue weighted by atomic mass is 14.6. The maximum absolute atomic E-state index is 6.30. The topological polar surface area (TPSA) is 26.0 Å². The zero-order valence-electron chi connectivity index (χ0n) is 11.9. The Kier molecular flexibility index (Phi) is 4.82. The molecule has 0 heterocycles. The van der Waals surface area contributed by atoms with Crippen molar-refractivity contribution in [3.8, 4) is 0 Å². The van der Waals surface area contributed by atoms with Crippen molar-refractivity contribution in [1.29, 1.82) is 0 Å². The summed E-state index contributed by atoms with van der Waals surface area (Å²) in [5, 5.41) is 0. The summed E-state index contributed by atoms with van der Waals surface area (Å²) >= 11 is 0. The van der Waals surface area contributed by atoms with E-state index in [-0.39, 0.29) is 6.04 Å². The highest BCUT2D eigenvalue weighted by Crippen LogP contribution is 2.31. The molecule has 0 aliphatic heterocycles. The fraction of sp³-hybridized carbons (Fsp3) is 0.647. The van der Waals surface area contributed by atoms with E-state index >= 15 is 0 Å². The van der Waals surface area contributed by atoms with Crippen LogP contribution >= 0.6 is 0 Å². The SMILES string of the molecule is CC(C)c1ccc(C(N)CCC2CCCC2)cc1. The average molecular weight is 245 g/mol. The van der Waals surface area contributed by atoms with Crippen molar-refractivity contribution in [3.05, 3.63) is 35.4 Å². The molecule has 0 saturated heterocycles. The Hall–Kier alpha value is -0.820. The molecule has 1 fully saturated rings. The first-order valence-corrected chi connectivity index (χ1v) is 7.52.